The zero-order valence-corrected chi connectivity index (χ0v) is 16.6. The molecule has 0 bridgehead atoms. The van der Waals surface area contributed by atoms with E-state index in [9.17, 15) is 19.2 Å². The van der Waals surface area contributed by atoms with Crippen molar-refractivity contribution in [3.05, 3.63) is 23.8 Å². The van der Waals surface area contributed by atoms with E-state index < -0.39 is 29.9 Å². The van der Waals surface area contributed by atoms with E-state index in [0.717, 1.165) is 4.90 Å². The molecule has 0 aromatic heterocycles. The molecule has 1 atom stereocenters. The third-order valence-electron chi connectivity index (χ3n) is 4.96. The van der Waals surface area contributed by atoms with Crippen LogP contribution in [0, 0.1) is 0 Å². The zero-order chi connectivity index (χ0) is 21.2. The number of carbonyl (C=O) groups excluding carboxylic acids is 4. The van der Waals surface area contributed by atoms with Gasteiger partial charge in [0.1, 0.15) is 12.1 Å². The number of fused-ring (bicyclic) bond motifs is 1. The minimum Gasteiger partial charge on any atom is -0.454 e. The maximum atomic E-state index is 13.0. The lowest BCUT2D eigenvalue weighted by Crippen LogP contribution is -2.47. The van der Waals surface area contributed by atoms with Gasteiger partial charge < -0.3 is 25.0 Å². The van der Waals surface area contributed by atoms with Crippen LogP contribution < -0.4 is 20.1 Å². The number of urea groups is 1. The molecule has 0 saturated carbocycles. The average molecular weight is 404 g/mol. The van der Waals surface area contributed by atoms with E-state index in [4.69, 9.17) is 9.47 Å². The highest BCUT2D eigenvalue weighted by Gasteiger charge is 2.50. The predicted octanol–water partition coefficient (Wildman–Crippen LogP) is 0.167. The van der Waals surface area contributed by atoms with Gasteiger partial charge in [0.2, 0.25) is 18.6 Å². The van der Waals surface area contributed by atoms with E-state index >= 15 is 0 Å². The van der Waals surface area contributed by atoms with Crippen LogP contribution >= 0.6 is 0 Å². The number of rotatable bonds is 7. The number of carbonyl (C=O) groups is 4. The molecular weight excluding hydrogens is 380 g/mol. The summed E-state index contributed by atoms with van der Waals surface area (Å²) in [6.07, 6.45) is 0. The van der Waals surface area contributed by atoms with Crippen LogP contribution in [0.15, 0.2) is 18.2 Å². The van der Waals surface area contributed by atoms with Crippen LogP contribution in [0.3, 0.4) is 0 Å². The van der Waals surface area contributed by atoms with E-state index in [0.29, 0.717) is 23.6 Å². The largest absolute Gasteiger partial charge is 0.454 e. The van der Waals surface area contributed by atoms with E-state index in [1.165, 1.54) is 4.90 Å². The highest BCUT2D eigenvalue weighted by molar-refractivity contribution is 6.09. The van der Waals surface area contributed by atoms with Crippen LogP contribution in [-0.2, 0) is 19.9 Å². The zero-order valence-electron chi connectivity index (χ0n) is 16.6. The Kier molecular flexibility index (Phi) is 5.62. The first-order valence-corrected chi connectivity index (χ1v) is 9.38. The van der Waals surface area contributed by atoms with Gasteiger partial charge in [-0.05, 0) is 38.5 Å². The van der Waals surface area contributed by atoms with Crippen molar-refractivity contribution in [2.75, 3.05) is 33.0 Å². The summed E-state index contributed by atoms with van der Waals surface area (Å²) in [5, 5.41) is 5.27. The number of nitrogens with zero attached hydrogens (tertiary/aromatic N) is 2. The molecule has 0 spiro atoms. The fourth-order valence-electron chi connectivity index (χ4n) is 3.28. The molecule has 2 aliphatic heterocycles. The molecule has 1 saturated heterocycles. The van der Waals surface area contributed by atoms with Crippen molar-refractivity contribution in [1.82, 2.24) is 20.4 Å². The normalized spacial score (nSPS) is 19.9. The Morgan fingerprint density at radius 3 is 2.66 bits per heavy atom. The number of hydrogen-bond donors (Lipinski definition) is 2. The second-order valence-corrected chi connectivity index (χ2v) is 6.88. The number of hydrogen-bond acceptors (Lipinski definition) is 6. The van der Waals surface area contributed by atoms with Crippen LogP contribution in [0.25, 0.3) is 0 Å². The van der Waals surface area contributed by atoms with Crippen molar-refractivity contribution >= 4 is 23.8 Å². The summed E-state index contributed by atoms with van der Waals surface area (Å²) in [5.41, 5.74) is -0.820. The molecule has 0 aliphatic carbocycles. The number of likely N-dealkylation sites (N-methyl/N-ethyl adjacent to an activating group) is 2. The molecular formula is C19H24N4O6. The lowest BCUT2D eigenvalue weighted by molar-refractivity contribution is -0.140. The predicted molar refractivity (Wildman–Crippen MR) is 101 cm³/mol. The number of benzene rings is 1. The molecule has 10 heteroatoms. The summed E-state index contributed by atoms with van der Waals surface area (Å²) >= 11 is 0. The van der Waals surface area contributed by atoms with Crippen LogP contribution in [0.1, 0.15) is 26.3 Å². The number of ether oxygens (including phenoxy) is 2. The third kappa shape index (κ3) is 3.82. The highest BCUT2D eigenvalue weighted by Crippen LogP contribution is 2.37. The lowest BCUT2D eigenvalue weighted by atomic mass is 9.91. The first-order valence-electron chi connectivity index (χ1n) is 9.38. The quantitative estimate of drug-likeness (QED) is 0.626. The SMILES string of the molecule is CCNC(=O)CN(CC)C(=O)CN1C(=O)N[C@@](C)(c2ccc3c(c2)OCO3)C1=O. The maximum Gasteiger partial charge on any atom is 0.325 e. The Hall–Kier alpha value is -3.30. The molecule has 10 nitrogen and oxygen atoms in total. The van der Waals surface area contributed by atoms with Crippen LogP contribution in [0.4, 0.5) is 4.79 Å². The summed E-state index contributed by atoms with van der Waals surface area (Å²) in [4.78, 5) is 52.0. The first kappa shape index (κ1) is 20.4. The average Bonchev–Trinajstić information content (AvgIpc) is 3.24. The smallest absolute Gasteiger partial charge is 0.325 e. The summed E-state index contributed by atoms with van der Waals surface area (Å²) < 4.78 is 10.6. The molecule has 1 aromatic carbocycles. The Labute approximate surface area is 168 Å². The summed E-state index contributed by atoms with van der Waals surface area (Å²) in [6, 6.07) is 4.31. The molecule has 2 heterocycles. The molecule has 5 amide bonds. The number of imide groups is 1. The molecule has 1 fully saturated rings. The van der Waals surface area contributed by atoms with E-state index in [2.05, 4.69) is 10.6 Å². The van der Waals surface area contributed by atoms with Gasteiger partial charge in [0.15, 0.2) is 11.5 Å². The molecule has 0 radical (unpaired) electrons. The van der Waals surface area contributed by atoms with Gasteiger partial charge in [-0.15, -0.1) is 0 Å². The Balaban J connectivity index is 1.74. The Bertz CT molecular complexity index is 857. The maximum absolute atomic E-state index is 13.0. The van der Waals surface area contributed by atoms with Gasteiger partial charge >= 0.3 is 6.03 Å². The second-order valence-electron chi connectivity index (χ2n) is 6.88. The molecule has 2 aliphatic rings. The number of nitrogens with one attached hydrogen (secondary N) is 2. The van der Waals surface area contributed by atoms with Crippen molar-refractivity contribution in [3.8, 4) is 11.5 Å². The topological polar surface area (TPSA) is 117 Å². The van der Waals surface area contributed by atoms with Gasteiger partial charge in [0, 0.05) is 13.1 Å². The minimum atomic E-state index is -1.34. The van der Waals surface area contributed by atoms with E-state index in [-0.39, 0.29) is 25.8 Å². The summed E-state index contributed by atoms with van der Waals surface area (Å²) in [6.45, 7) is 5.31. The van der Waals surface area contributed by atoms with Crippen molar-refractivity contribution in [1.29, 1.82) is 0 Å². The minimum absolute atomic E-state index is 0.0922. The van der Waals surface area contributed by atoms with Crippen molar-refractivity contribution in [2.45, 2.75) is 26.3 Å². The van der Waals surface area contributed by atoms with E-state index in [1.54, 1.807) is 39.0 Å². The van der Waals surface area contributed by atoms with Crippen LogP contribution in [0.2, 0.25) is 0 Å². The fourth-order valence-corrected chi connectivity index (χ4v) is 3.28. The summed E-state index contributed by atoms with van der Waals surface area (Å²) in [7, 11) is 0. The Morgan fingerprint density at radius 1 is 1.24 bits per heavy atom. The Morgan fingerprint density at radius 2 is 1.97 bits per heavy atom. The standard InChI is InChI=1S/C19H24N4O6/c1-4-20-15(24)9-22(5-2)16(25)10-23-17(26)19(3,21-18(23)27)12-6-7-13-14(8-12)29-11-28-13/h6-8H,4-5,9-11H2,1-3H3,(H,20,24)(H,21,27)/t19-/m0/s1. The van der Waals surface area contributed by atoms with Crippen molar-refractivity contribution < 1.29 is 28.7 Å². The first-order chi connectivity index (χ1) is 13.8. The monoisotopic (exact) mass is 404 g/mol. The lowest BCUT2D eigenvalue weighted by Gasteiger charge is -2.24. The van der Waals surface area contributed by atoms with Gasteiger partial charge in [0.25, 0.3) is 5.91 Å². The van der Waals surface area contributed by atoms with Crippen molar-refractivity contribution in [3.63, 3.8) is 0 Å². The summed E-state index contributed by atoms with van der Waals surface area (Å²) in [5.74, 6) is -0.296. The molecule has 29 heavy (non-hydrogen) atoms. The highest BCUT2D eigenvalue weighted by atomic mass is 16.7. The van der Waals surface area contributed by atoms with Gasteiger partial charge in [0.05, 0.1) is 6.54 Å². The molecule has 2 N–H and O–H groups in total. The van der Waals surface area contributed by atoms with E-state index in [1.807, 2.05) is 0 Å². The van der Waals surface area contributed by atoms with Gasteiger partial charge in [-0.2, -0.15) is 0 Å². The second kappa shape index (κ2) is 7.98. The molecule has 3 rings (SSSR count). The third-order valence-corrected chi connectivity index (χ3v) is 4.96. The fraction of sp³-hybridized carbons (Fsp3) is 0.474. The van der Waals surface area contributed by atoms with Gasteiger partial charge in [-0.25, -0.2) is 4.79 Å². The number of amides is 5. The molecule has 1 aromatic rings. The van der Waals surface area contributed by atoms with Crippen LogP contribution in [-0.4, -0.2) is 66.5 Å². The van der Waals surface area contributed by atoms with Gasteiger partial charge in [-0.3, -0.25) is 19.3 Å². The van der Waals surface area contributed by atoms with Crippen molar-refractivity contribution in [2.24, 2.45) is 0 Å². The molecule has 156 valence electrons. The van der Waals surface area contributed by atoms with Crippen LogP contribution in [0.5, 0.6) is 11.5 Å². The molecule has 0 unspecified atom stereocenters. The van der Waals surface area contributed by atoms with Gasteiger partial charge in [-0.1, -0.05) is 6.07 Å².